The Morgan fingerprint density at radius 3 is 2.90 bits per heavy atom. The Hall–Kier alpha value is -1.88. The van der Waals surface area contributed by atoms with Crippen molar-refractivity contribution >= 4 is 17.4 Å². The maximum Gasteiger partial charge on any atom is 0.408 e. The summed E-state index contributed by atoms with van der Waals surface area (Å²) in [6.45, 7) is 2.21. The van der Waals surface area contributed by atoms with Crippen LogP contribution in [0.1, 0.15) is 48.0 Å². The molecule has 0 saturated heterocycles. The van der Waals surface area contributed by atoms with Gasteiger partial charge in [-0.15, -0.1) is 11.3 Å². The van der Waals surface area contributed by atoms with Crippen LogP contribution in [0.3, 0.4) is 0 Å². The van der Waals surface area contributed by atoms with Crippen LogP contribution < -0.4 is 5.32 Å². The number of amides is 1. The predicted octanol–water partition coefficient (Wildman–Crippen LogP) is 4.01. The molecule has 0 radical (unpaired) electrons. The van der Waals surface area contributed by atoms with Gasteiger partial charge < -0.3 is 10.1 Å². The lowest BCUT2D eigenvalue weighted by atomic mass is 10.2. The van der Waals surface area contributed by atoms with E-state index in [0.29, 0.717) is 5.92 Å². The first kappa shape index (κ1) is 14.1. The Kier molecular flexibility index (Phi) is 4.20. The Bertz CT molecular complexity index is 608. The van der Waals surface area contributed by atoms with Gasteiger partial charge in [0, 0.05) is 11.3 Å². The Morgan fingerprint density at radius 2 is 2.19 bits per heavy atom. The largest absolute Gasteiger partial charge is 0.445 e. The molecule has 1 aliphatic carbocycles. The molecule has 5 heteroatoms. The van der Waals surface area contributed by atoms with Crippen LogP contribution in [0.2, 0.25) is 0 Å². The highest BCUT2D eigenvalue weighted by molar-refractivity contribution is 7.09. The lowest BCUT2D eigenvalue weighted by Gasteiger charge is -2.11. The van der Waals surface area contributed by atoms with Gasteiger partial charge in [-0.1, -0.05) is 30.3 Å². The SMILES string of the molecule is C[C@@H](NC(=O)OCc1ccccc1)c1nc(C2CC2)cs1. The van der Waals surface area contributed by atoms with E-state index in [0.717, 1.165) is 10.6 Å². The van der Waals surface area contributed by atoms with Crippen LogP contribution in [0.5, 0.6) is 0 Å². The smallest absolute Gasteiger partial charge is 0.408 e. The van der Waals surface area contributed by atoms with Crippen molar-refractivity contribution in [2.75, 3.05) is 0 Å². The number of carbonyl (C=O) groups is 1. The summed E-state index contributed by atoms with van der Waals surface area (Å²) in [6.07, 6.45) is 2.07. The third kappa shape index (κ3) is 3.82. The number of hydrogen-bond donors (Lipinski definition) is 1. The third-order valence-corrected chi connectivity index (χ3v) is 4.50. The molecule has 4 nitrogen and oxygen atoms in total. The quantitative estimate of drug-likeness (QED) is 0.908. The Balaban J connectivity index is 1.49. The fourth-order valence-electron chi connectivity index (χ4n) is 2.07. The number of nitrogens with one attached hydrogen (secondary N) is 1. The normalized spacial score (nSPS) is 15.5. The molecule has 1 saturated carbocycles. The molecule has 0 aliphatic heterocycles. The van der Waals surface area contributed by atoms with Crippen molar-refractivity contribution in [3.8, 4) is 0 Å². The van der Waals surface area contributed by atoms with Crippen molar-refractivity contribution in [1.29, 1.82) is 0 Å². The highest BCUT2D eigenvalue weighted by atomic mass is 32.1. The minimum absolute atomic E-state index is 0.120. The molecule has 21 heavy (non-hydrogen) atoms. The van der Waals surface area contributed by atoms with E-state index in [2.05, 4.69) is 15.7 Å². The molecule has 1 atom stereocenters. The molecule has 1 aromatic carbocycles. The fourth-order valence-corrected chi connectivity index (χ4v) is 2.98. The summed E-state index contributed by atoms with van der Waals surface area (Å²) < 4.78 is 5.21. The minimum atomic E-state index is -0.408. The van der Waals surface area contributed by atoms with Crippen LogP contribution in [0.15, 0.2) is 35.7 Å². The summed E-state index contributed by atoms with van der Waals surface area (Å²) in [7, 11) is 0. The van der Waals surface area contributed by atoms with E-state index >= 15 is 0 Å². The number of aromatic nitrogens is 1. The number of nitrogens with zero attached hydrogens (tertiary/aromatic N) is 1. The van der Waals surface area contributed by atoms with Gasteiger partial charge in [0.15, 0.2) is 0 Å². The van der Waals surface area contributed by atoms with Gasteiger partial charge in [-0.3, -0.25) is 0 Å². The second-order valence-electron chi connectivity index (χ2n) is 5.31. The van der Waals surface area contributed by atoms with Gasteiger partial charge in [-0.05, 0) is 25.3 Å². The van der Waals surface area contributed by atoms with E-state index in [1.165, 1.54) is 18.5 Å². The molecule has 0 bridgehead atoms. The highest BCUT2D eigenvalue weighted by Gasteiger charge is 2.27. The lowest BCUT2D eigenvalue weighted by molar-refractivity contribution is 0.136. The first-order chi connectivity index (χ1) is 10.2. The zero-order valence-corrected chi connectivity index (χ0v) is 12.7. The topological polar surface area (TPSA) is 51.2 Å². The monoisotopic (exact) mass is 302 g/mol. The number of alkyl carbamates (subject to hydrolysis) is 1. The highest BCUT2D eigenvalue weighted by Crippen LogP contribution is 2.40. The van der Waals surface area contributed by atoms with E-state index in [1.54, 1.807) is 11.3 Å². The maximum atomic E-state index is 11.8. The Morgan fingerprint density at radius 1 is 1.43 bits per heavy atom. The van der Waals surface area contributed by atoms with Crippen molar-refractivity contribution in [3.05, 3.63) is 52.0 Å². The minimum Gasteiger partial charge on any atom is -0.445 e. The van der Waals surface area contributed by atoms with Gasteiger partial charge in [0.2, 0.25) is 0 Å². The van der Waals surface area contributed by atoms with Crippen molar-refractivity contribution in [2.24, 2.45) is 0 Å². The average Bonchev–Trinajstić information content (AvgIpc) is 3.23. The van der Waals surface area contributed by atoms with Gasteiger partial charge in [-0.2, -0.15) is 0 Å². The molecule has 1 aliphatic rings. The van der Waals surface area contributed by atoms with Gasteiger partial charge in [0.25, 0.3) is 0 Å². The van der Waals surface area contributed by atoms with E-state index in [4.69, 9.17) is 4.74 Å². The number of thiazole rings is 1. The number of ether oxygens (including phenoxy) is 1. The summed E-state index contributed by atoms with van der Waals surface area (Å²) in [5.41, 5.74) is 2.15. The molecule has 0 unspecified atom stereocenters. The zero-order chi connectivity index (χ0) is 14.7. The second kappa shape index (κ2) is 6.26. The van der Waals surface area contributed by atoms with Gasteiger partial charge in [0.1, 0.15) is 11.6 Å². The van der Waals surface area contributed by atoms with E-state index in [-0.39, 0.29) is 12.6 Å². The maximum absolute atomic E-state index is 11.8. The van der Waals surface area contributed by atoms with Gasteiger partial charge in [0.05, 0.1) is 11.7 Å². The van der Waals surface area contributed by atoms with Gasteiger partial charge in [-0.25, -0.2) is 9.78 Å². The van der Waals surface area contributed by atoms with Crippen molar-refractivity contribution in [2.45, 2.75) is 38.3 Å². The number of benzene rings is 1. The summed E-state index contributed by atoms with van der Waals surface area (Å²) in [6, 6.07) is 9.53. The van der Waals surface area contributed by atoms with Crippen LogP contribution >= 0.6 is 11.3 Å². The lowest BCUT2D eigenvalue weighted by Crippen LogP contribution is -2.27. The standard InChI is InChI=1S/C16H18N2O2S/c1-11(15-18-14(10-21-15)13-7-8-13)17-16(19)20-9-12-5-3-2-4-6-12/h2-6,10-11,13H,7-9H2,1H3,(H,17,19)/t11-/m1/s1. The molecule has 1 heterocycles. The average molecular weight is 302 g/mol. The summed E-state index contributed by atoms with van der Waals surface area (Å²) in [5.74, 6) is 0.646. The molecule has 110 valence electrons. The van der Waals surface area contributed by atoms with E-state index < -0.39 is 6.09 Å². The molecule has 1 amide bonds. The van der Waals surface area contributed by atoms with Crippen LogP contribution in [0.4, 0.5) is 4.79 Å². The number of hydrogen-bond acceptors (Lipinski definition) is 4. The zero-order valence-electron chi connectivity index (χ0n) is 11.9. The van der Waals surface area contributed by atoms with E-state index in [1.807, 2.05) is 37.3 Å². The molecule has 1 N–H and O–H groups in total. The van der Waals surface area contributed by atoms with Crippen molar-refractivity contribution in [1.82, 2.24) is 10.3 Å². The fraction of sp³-hybridized carbons (Fsp3) is 0.375. The number of carbonyl (C=O) groups excluding carboxylic acids is 1. The first-order valence-corrected chi connectivity index (χ1v) is 8.03. The first-order valence-electron chi connectivity index (χ1n) is 7.15. The molecule has 0 spiro atoms. The summed E-state index contributed by atoms with van der Waals surface area (Å²) in [5, 5.41) is 5.86. The number of rotatable bonds is 5. The van der Waals surface area contributed by atoms with Crippen LogP contribution in [0.25, 0.3) is 0 Å². The van der Waals surface area contributed by atoms with Crippen molar-refractivity contribution in [3.63, 3.8) is 0 Å². The molecule has 3 rings (SSSR count). The predicted molar refractivity (Wildman–Crippen MR) is 82.3 cm³/mol. The molecule has 1 aromatic heterocycles. The van der Waals surface area contributed by atoms with Crippen LogP contribution in [0, 0.1) is 0 Å². The van der Waals surface area contributed by atoms with Gasteiger partial charge >= 0.3 is 6.09 Å². The molecular weight excluding hydrogens is 284 g/mol. The molecule has 1 fully saturated rings. The van der Waals surface area contributed by atoms with Crippen LogP contribution in [-0.4, -0.2) is 11.1 Å². The van der Waals surface area contributed by atoms with Crippen molar-refractivity contribution < 1.29 is 9.53 Å². The van der Waals surface area contributed by atoms with E-state index in [9.17, 15) is 4.79 Å². The molecule has 2 aromatic rings. The second-order valence-corrected chi connectivity index (χ2v) is 6.20. The Labute approximate surface area is 128 Å². The summed E-state index contributed by atoms with van der Waals surface area (Å²) >= 11 is 1.60. The summed E-state index contributed by atoms with van der Waals surface area (Å²) in [4.78, 5) is 16.4. The molecular formula is C16H18N2O2S. The third-order valence-electron chi connectivity index (χ3n) is 3.45. The van der Waals surface area contributed by atoms with Crippen LogP contribution in [-0.2, 0) is 11.3 Å².